The SMILES string of the molecule is O=C(c1ccc(=O)n(-c2ccccc2)n1)N1CCCCCC1. The zero-order valence-corrected chi connectivity index (χ0v) is 12.4. The summed E-state index contributed by atoms with van der Waals surface area (Å²) >= 11 is 0. The molecular weight excluding hydrogens is 278 g/mol. The number of hydrogen-bond acceptors (Lipinski definition) is 3. The van der Waals surface area contributed by atoms with Crippen LogP contribution in [0.5, 0.6) is 0 Å². The van der Waals surface area contributed by atoms with Gasteiger partial charge in [0.25, 0.3) is 11.5 Å². The van der Waals surface area contributed by atoms with Crippen LogP contribution in [-0.2, 0) is 0 Å². The summed E-state index contributed by atoms with van der Waals surface area (Å²) in [5.41, 5.74) is 0.752. The average Bonchev–Trinajstić information content (AvgIpc) is 2.85. The third-order valence-corrected chi connectivity index (χ3v) is 3.91. The normalized spacial score (nSPS) is 15.4. The highest BCUT2D eigenvalue weighted by molar-refractivity contribution is 5.92. The molecule has 0 saturated carbocycles. The van der Waals surface area contributed by atoms with E-state index in [2.05, 4.69) is 5.10 Å². The van der Waals surface area contributed by atoms with Gasteiger partial charge in [-0.25, -0.2) is 0 Å². The van der Waals surface area contributed by atoms with Crippen LogP contribution >= 0.6 is 0 Å². The predicted octanol–water partition coefficient (Wildman–Crippen LogP) is 2.25. The molecule has 114 valence electrons. The van der Waals surface area contributed by atoms with Crippen LogP contribution in [0.2, 0.25) is 0 Å². The van der Waals surface area contributed by atoms with Crippen LogP contribution in [0, 0.1) is 0 Å². The monoisotopic (exact) mass is 297 g/mol. The van der Waals surface area contributed by atoms with Crippen molar-refractivity contribution in [3.8, 4) is 5.69 Å². The van der Waals surface area contributed by atoms with Gasteiger partial charge in [0.15, 0.2) is 0 Å². The number of carbonyl (C=O) groups excluding carboxylic acids is 1. The summed E-state index contributed by atoms with van der Waals surface area (Å²) < 4.78 is 1.28. The average molecular weight is 297 g/mol. The fourth-order valence-electron chi connectivity index (χ4n) is 2.72. The van der Waals surface area contributed by atoms with Gasteiger partial charge >= 0.3 is 0 Å². The summed E-state index contributed by atoms with van der Waals surface area (Å²) in [7, 11) is 0. The number of nitrogens with zero attached hydrogens (tertiary/aromatic N) is 3. The molecule has 1 aromatic carbocycles. The Kier molecular flexibility index (Phi) is 4.32. The Bertz CT molecular complexity index is 701. The number of hydrogen-bond donors (Lipinski definition) is 0. The van der Waals surface area contributed by atoms with Crippen molar-refractivity contribution in [1.82, 2.24) is 14.7 Å². The van der Waals surface area contributed by atoms with E-state index in [0.29, 0.717) is 11.4 Å². The van der Waals surface area contributed by atoms with Crippen molar-refractivity contribution < 1.29 is 4.79 Å². The van der Waals surface area contributed by atoms with Gasteiger partial charge in [0.2, 0.25) is 0 Å². The predicted molar refractivity (Wildman–Crippen MR) is 84.2 cm³/mol. The number of carbonyl (C=O) groups is 1. The van der Waals surface area contributed by atoms with Crippen molar-refractivity contribution in [3.63, 3.8) is 0 Å². The molecule has 22 heavy (non-hydrogen) atoms. The lowest BCUT2D eigenvalue weighted by atomic mass is 10.2. The first-order valence-corrected chi connectivity index (χ1v) is 7.71. The van der Waals surface area contributed by atoms with E-state index in [9.17, 15) is 9.59 Å². The number of rotatable bonds is 2. The molecule has 1 saturated heterocycles. The van der Waals surface area contributed by atoms with E-state index in [1.54, 1.807) is 12.1 Å². The molecule has 0 aliphatic carbocycles. The standard InChI is InChI=1S/C17H19N3O2/c21-16-11-10-15(17(22)19-12-6-1-2-7-13-19)18-20(16)14-8-4-3-5-9-14/h3-5,8-11H,1-2,6-7,12-13H2. The molecule has 0 spiro atoms. The maximum absolute atomic E-state index is 12.6. The van der Waals surface area contributed by atoms with E-state index in [1.807, 2.05) is 23.1 Å². The zero-order valence-electron chi connectivity index (χ0n) is 12.4. The molecule has 0 atom stereocenters. The van der Waals surface area contributed by atoms with Crippen molar-refractivity contribution in [3.05, 3.63) is 58.5 Å². The van der Waals surface area contributed by atoms with Crippen molar-refractivity contribution in [2.45, 2.75) is 25.7 Å². The largest absolute Gasteiger partial charge is 0.337 e. The number of aromatic nitrogens is 2. The van der Waals surface area contributed by atoms with E-state index in [-0.39, 0.29) is 11.5 Å². The summed E-state index contributed by atoms with van der Waals surface area (Å²) in [4.78, 5) is 26.4. The summed E-state index contributed by atoms with van der Waals surface area (Å²) in [5, 5.41) is 4.26. The Morgan fingerprint density at radius 1 is 0.909 bits per heavy atom. The van der Waals surface area contributed by atoms with Crippen LogP contribution in [-0.4, -0.2) is 33.7 Å². The quantitative estimate of drug-likeness (QED) is 0.854. The van der Waals surface area contributed by atoms with Crippen LogP contribution in [0.3, 0.4) is 0 Å². The molecule has 1 amide bonds. The zero-order chi connectivity index (χ0) is 15.4. The second-order valence-electron chi connectivity index (χ2n) is 5.51. The lowest BCUT2D eigenvalue weighted by Gasteiger charge is -2.19. The highest BCUT2D eigenvalue weighted by Crippen LogP contribution is 2.12. The lowest BCUT2D eigenvalue weighted by Crippen LogP contribution is -2.34. The molecule has 0 radical (unpaired) electrons. The molecule has 1 aliphatic heterocycles. The summed E-state index contributed by atoms with van der Waals surface area (Å²) in [6.45, 7) is 1.54. The molecule has 2 heterocycles. The third kappa shape index (κ3) is 3.08. The smallest absolute Gasteiger partial charge is 0.274 e. The second kappa shape index (κ2) is 6.56. The molecule has 5 heteroatoms. The minimum Gasteiger partial charge on any atom is -0.337 e. The first kappa shape index (κ1) is 14.5. The summed E-state index contributed by atoms with van der Waals surface area (Å²) in [5.74, 6) is -0.0911. The lowest BCUT2D eigenvalue weighted by molar-refractivity contribution is 0.0753. The highest BCUT2D eigenvalue weighted by atomic mass is 16.2. The molecule has 0 N–H and O–H groups in total. The van der Waals surface area contributed by atoms with E-state index in [4.69, 9.17) is 0 Å². The van der Waals surface area contributed by atoms with Gasteiger partial charge in [-0.15, -0.1) is 0 Å². The van der Waals surface area contributed by atoms with E-state index < -0.39 is 0 Å². The molecule has 1 aromatic heterocycles. The van der Waals surface area contributed by atoms with Crippen molar-refractivity contribution in [2.24, 2.45) is 0 Å². The molecule has 2 aromatic rings. The van der Waals surface area contributed by atoms with Gasteiger partial charge in [-0.1, -0.05) is 31.0 Å². The highest BCUT2D eigenvalue weighted by Gasteiger charge is 2.19. The first-order chi connectivity index (χ1) is 10.8. The Balaban J connectivity index is 1.91. The molecular formula is C17H19N3O2. The van der Waals surface area contributed by atoms with Crippen molar-refractivity contribution >= 4 is 5.91 Å². The van der Waals surface area contributed by atoms with E-state index in [1.165, 1.54) is 29.7 Å². The Morgan fingerprint density at radius 3 is 2.27 bits per heavy atom. The van der Waals surface area contributed by atoms with Crippen LogP contribution < -0.4 is 5.56 Å². The van der Waals surface area contributed by atoms with Gasteiger partial charge in [-0.05, 0) is 31.0 Å². The van der Waals surface area contributed by atoms with Crippen molar-refractivity contribution in [2.75, 3.05) is 13.1 Å². The molecule has 1 fully saturated rings. The van der Waals surface area contributed by atoms with Crippen LogP contribution in [0.1, 0.15) is 36.2 Å². The van der Waals surface area contributed by atoms with Crippen molar-refractivity contribution in [1.29, 1.82) is 0 Å². The fourth-order valence-corrected chi connectivity index (χ4v) is 2.72. The van der Waals surface area contributed by atoms with Gasteiger partial charge in [0, 0.05) is 19.2 Å². The minimum atomic E-state index is -0.237. The third-order valence-electron chi connectivity index (χ3n) is 3.91. The van der Waals surface area contributed by atoms with Crippen LogP contribution in [0.4, 0.5) is 0 Å². The number of para-hydroxylation sites is 1. The first-order valence-electron chi connectivity index (χ1n) is 7.71. The Morgan fingerprint density at radius 2 is 1.59 bits per heavy atom. The van der Waals surface area contributed by atoms with Crippen LogP contribution in [0.15, 0.2) is 47.3 Å². The Labute approximate surface area is 129 Å². The molecule has 0 unspecified atom stereocenters. The Hall–Kier alpha value is -2.43. The molecule has 0 bridgehead atoms. The maximum Gasteiger partial charge on any atom is 0.274 e. The topological polar surface area (TPSA) is 55.2 Å². The molecule has 5 nitrogen and oxygen atoms in total. The number of amides is 1. The minimum absolute atomic E-state index is 0.0911. The van der Waals surface area contributed by atoms with Gasteiger partial charge in [-0.2, -0.15) is 9.78 Å². The number of benzene rings is 1. The van der Waals surface area contributed by atoms with E-state index in [0.717, 1.165) is 25.9 Å². The summed E-state index contributed by atoms with van der Waals surface area (Å²) in [6, 6.07) is 12.1. The second-order valence-corrected chi connectivity index (χ2v) is 5.51. The molecule has 1 aliphatic rings. The number of likely N-dealkylation sites (tertiary alicyclic amines) is 1. The van der Waals surface area contributed by atoms with Gasteiger partial charge in [0.1, 0.15) is 5.69 Å². The summed E-state index contributed by atoms with van der Waals surface area (Å²) in [6.07, 6.45) is 4.40. The van der Waals surface area contributed by atoms with Gasteiger partial charge in [0.05, 0.1) is 5.69 Å². The maximum atomic E-state index is 12.6. The fraction of sp³-hybridized carbons (Fsp3) is 0.353. The molecule has 3 rings (SSSR count). The van der Waals surface area contributed by atoms with Gasteiger partial charge < -0.3 is 4.90 Å². The van der Waals surface area contributed by atoms with Crippen LogP contribution in [0.25, 0.3) is 5.69 Å². The van der Waals surface area contributed by atoms with Gasteiger partial charge in [-0.3, -0.25) is 9.59 Å². The van der Waals surface area contributed by atoms with E-state index >= 15 is 0 Å².